The average Bonchev–Trinajstić information content (AvgIpc) is 2.54. The van der Waals surface area contributed by atoms with Gasteiger partial charge in [-0.25, -0.2) is 0 Å². The van der Waals surface area contributed by atoms with Crippen LogP contribution in [0.4, 0.5) is 5.69 Å². The van der Waals surface area contributed by atoms with Gasteiger partial charge in [0.05, 0.1) is 13.7 Å². The summed E-state index contributed by atoms with van der Waals surface area (Å²) in [5, 5.41) is 0. The molecule has 0 aromatic heterocycles. The summed E-state index contributed by atoms with van der Waals surface area (Å²) >= 11 is 0. The molecule has 0 unspecified atom stereocenters. The molecule has 0 aliphatic heterocycles. The zero-order valence-electron chi connectivity index (χ0n) is 12.2. The van der Waals surface area contributed by atoms with Crippen molar-refractivity contribution in [2.45, 2.75) is 13.5 Å². The van der Waals surface area contributed by atoms with E-state index in [1.807, 2.05) is 54.6 Å². The monoisotopic (exact) mass is 279 g/mol. The van der Waals surface area contributed by atoms with Crippen LogP contribution in [0.2, 0.25) is 0 Å². The Bertz CT molecular complexity index is 668. The second-order valence-electron chi connectivity index (χ2n) is 4.45. The fourth-order valence-electron chi connectivity index (χ4n) is 2.00. The maximum absolute atomic E-state index is 12.3. The topological polar surface area (TPSA) is 29.5 Å². The molecule has 0 N–H and O–H groups in total. The van der Waals surface area contributed by atoms with Gasteiger partial charge in [-0.05, 0) is 30.5 Å². The predicted molar refractivity (Wildman–Crippen MR) is 84.1 cm³/mol. The lowest BCUT2D eigenvalue weighted by Crippen LogP contribution is -2.29. The van der Waals surface area contributed by atoms with E-state index in [-0.39, 0.29) is 5.91 Å². The van der Waals surface area contributed by atoms with E-state index in [1.165, 1.54) is 0 Å². The predicted octanol–water partition coefficient (Wildman–Crippen LogP) is 3.25. The summed E-state index contributed by atoms with van der Waals surface area (Å²) in [5.74, 6) is 5.74. The number of ether oxygens (including phenoxy) is 1. The number of carbonyl (C=O) groups excluding carboxylic acids is 1. The Labute approximate surface area is 125 Å². The molecule has 0 aliphatic rings. The van der Waals surface area contributed by atoms with Crippen LogP contribution in [0.15, 0.2) is 54.6 Å². The average molecular weight is 279 g/mol. The van der Waals surface area contributed by atoms with Crippen LogP contribution in [-0.2, 0) is 11.3 Å². The van der Waals surface area contributed by atoms with Crippen LogP contribution in [0.3, 0.4) is 0 Å². The van der Waals surface area contributed by atoms with Crippen LogP contribution in [-0.4, -0.2) is 13.0 Å². The smallest absolute Gasteiger partial charge is 0.303 e. The van der Waals surface area contributed by atoms with Gasteiger partial charge in [0.2, 0.25) is 0 Å². The van der Waals surface area contributed by atoms with Crippen molar-refractivity contribution in [1.29, 1.82) is 0 Å². The van der Waals surface area contributed by atoms with Gasteiger partial charge in [-0.3, -0.25) is 9.69 Å². The Balaban J connectivity index is 2.35. The number of rotatable bonds is 4. The first kappa shape index (κ1) is 14.7. The van der Waals surface area contributed by atoms with E-state index in [9.17, 15) is 4.79 Å². The van der Waals surface area contributed by atoms with Crippen molar-refractivity contribution in [3.63, 3.8) is 0 Å². The molecule has 0 bridgehead atoms. The molecule has 0 aliphatic carbocycles. The number of amides is 1. The number of nitrogens with zero attached hydrogens (tertiary/aromatic N) is 1. The van der Waals surface area contributed by atoms with Crippen LogP contribution < -0.4 is 9.64 Å². The van der Waals surface area contributed by atoms with Gasteiger partial charge in [0, 0.05) is 11.8 Å². The molecule has 2 rings (SSSR count). The number of hydrogen-bond acceptors (Lipinski definition) is 2. The van der Waals surface area contributed by atoms with E-state index in [0.29, 0.717) is 12.3 Å². The summed E-state index contributed by atoms with van der Waals surface area (Å²) in [5.41, 5.74) is 1.82. The van der Waals surface area contributed by atoms with E-state index in [2.05, 4.69) is 11.8 Å². The number of benzene rings is 2. The normalized spacial score (nSPS) is 9.43. The van der Waals surface area contributed by atoms with Crippen molar-refractivity contribution in [2.24, 2.45) is 0 Å². The van der Waals surface area contributed by atoms with E-state index < -0.39 is 0 Å². The van der Waals surface area contributed by atoms with Gasteiger partial charge in [-0.1, -0.05) is 42.3 Å². The van der Waals surface area contributed by atoms with Crippen LogP contribution in [0.5, 0.6) is 5.75 Å². The minimum absolute atomic E-state index is 0.227. The lowest BCUT2D eigenvalue weighted by atomic mass is 10.2. The largest absolute Gasteiger partial charge is 0.497 e. The van der Waals surface area contributed by atoms with Crippen molar-refractivity contribution < 1.29 is 9.53 Å². The molecule has 0 radical (unpaired) electrons. The first-order chi connectivity index (χ1) is 10.2. The summed E-state index contributed by atoms with van der Waals surface area (Å²) in [7, 11) is 1.61. The van der Waals surface area contributed by atoms with Gasteiger partial charge in [-0.2, -0.15) is 0 Å². The molecule has 0 saturated heterocycles. The molecule has 21 heavy (non-hydrogen) atoms. The second-order valence-corrected chi connectivity index (χ2v) is 4.45. The lowest BCUT2D eigenvalue weighted by molar-refractivity contribution is -0.113. The molecule has 0 atom stereocenters. The SMILES string of the molecule is CC#CC(=O)N(Cc1ccccc1)c1cccc(OC)c1. The van der Waals surface area contributed by atoms with Crippen LogP contribution in [0.1, 0.15) is 12.5 Å². The summed E-state index contributed by atoms with van der Waals surface area (Å²) in [4.78, 5) is 13.9. The van der Waals surface area contributed by atoms with E-state index >= 15 is 0 Å². The van der Waals surface area contributed by atoms with Gasteiger partial charge in [0.15, 0.2) is 0 Å². The second kappa shape index (κ2) is 7.16. The van der Waals surface area contributed by atoms with Crippen LogP contribution in [0, 0.1) is 11.8 Å². The standard InChI is InChI=1S/C18H17NO2/c1-3-8-18(20)19(14-15-9-5-4-6-10-15)16-11-7-12-17(13-16)21-2/h4-7,9-13H,14H2,1-2H3. The number of anilines is 1. The maximum atomic E-state index is 12.3. The third kappa shape index (κ3) is 3.87. The minimum atomic E-state index is -0.227. The van der Waals surface area contributed by atoms with Gasteiger partial charge in [-0.15, -0.1) is 0 Å². The van der Waals surface area contributed by atoms with Gasteiger partial charge in [0.1, 0.15) is 5.75 Å². The highest BCUT2D eigenvalue weighted by Crippen LogP contribution is 2.22. The highest BCUT2D eigenvalue weighted by atomic mass is 16.5. The van der Waals surface area contributed by atoms with E-state index in [1.54, 1.807) is 18.9 Å². The lowest BCUT2D eigenvalue weighted by Gasteiger charge is -2.21. The quantitative estimate of drug-likeness (QED) is 0.804. The Kier molecular flexibility index (Phi) is 5.00. The Hall–Kier alpha value is -2.73. The molecular formula is C18H17NO2. The molecule has 2 aromatic rings. The molecule has 0 fully saturated rings. The molecule has 0 saturated carbocycles. The minimum Gasteiger partial charge on any atom is -0.497 e. The molecule has 2 aromatic carbocycles. The fraction of sp³-hybridized carbons (Fsp3) is 0.167. The molecule has 106 valence electrons. The van der Waals surface area contributed by atoms with Gasteiger partial charge in [0.25, 0.3) is 0 Å². The molecule has 1 amide bonds. The molecule has 0 spiro atoms. The van der Waals surface area contributed by atoms with Gasteiger partial charge < -0.3 is 4.74 Å². The van der Waals surface area contributed by atoms with Crippen molar-refractivity contribution in [3.05, 3.63) is 60.2 Å². The summed E-state index contributed by atoms with van der Waals surface area (Å²) in [6.07, 6.45) is 0. The highest BCUT2D eigenvalue weighted by molar-refractivity contribution is 6.05. The third-order valence-electron chi connectivity index (χ3n) is 3.03. The molecule has 3 nitrogen and oxygen atoms in total. The zero-order chi connectivity index (χ0) is 15.1. The number of hydrogen-bond donors (Lipinski definition) is 0. The number of methoxy groups -OCH3 is 1. The Morgan fingerprint density at radius 3 is 2.57 bits per heavy atom. The molecule has 0 heterocycles. The summed E-state index contributed by atoms with van der Waals surface area (Å²) in [6, 6.07) is 17.2. The number of carbonyl (C=O) groups is 1. The van der Waals surface area contributed by atoms with Crippen molar-refractivity contribution >= 4 is 11.6 Å². The Morgan fingerprint density at radius 2 is 1.90 bits per heavy atom. The molecular weight excluding hydrogens is 262 g/mol. The highest BCUT2D eigenvalue weighted by Gasteiger charge is 2.14. The maximum Gasteiger partial charge on any atom is 0.303 e. The van der Waals surface area contributed by atoms with Crippen molar-refractivity contribution in [1.82, 2.24) is 0 Å². The Morgan fingerprint density at radius 1 is 1.14 bits per heavy atom. The summed E-state index contributed by atoms with van der Waals surface area (Å²) in [6.45, 7) is 2.13. The van der Waals surface area contributed by atoms with Crippen LogP contribution in [0.25, 0.3) is 0 Å². The first-order valence-corrected chi connectivity index (χ1v) is 6.67. The van der Waals surface area contributed by atoms with Crippen molar-refractivity contribution in [3.8, 4) is 17.6 Å². The van der Waals surface area contributed by atoms with Gasteiger partial charge >= 0.3 is 5.91 Å². The van der Waals surface area contributed by atoms with Crippen molar-refractivity contribution in [2.75, 3.05) is 12.0 Å². The summed E-state index contributed by atoms with van der Waals surface area (Å²) < 4.78 is 5.22. The zero-order valence-corrected chi connectivity index (χ0v) is 12.2. The third-order valence-corrected chi connectivity index (χ3v) is 3.03. The molecule has 3 heteroatoms. The first-order valence-electron chi connectivity index (χ1n) is 6.67. The fourth-order valence-corrected chi connectivity index (χ4v) is 2.00. The van der Waals surface area contributed by atoms with E-state index in [0.717, 1.165) is 11.3 Å². The van der Waals surface area contributed by atoms with E-state index in [4.69, 9.17) is 4.74 Å². The van der Waals surface area contributed by atoms with Crippen LogP contribution >= 0.6 is 0 Å².